The fourth-order valence-corrected chi connectivity index (χ4v) is 4.30. The number of hydrogen-bond donors (Lipinski definition) is 1. The molecule has 1 heterocycles. The molecular formula is C16H22N2OS. The zero-order chi connectivity index (χ0) is 14.0. The highest BCUT2D eigenvalue weighted by Crippen LogP contribution is 2.43. The van der Waals surface area contributed by atoms with Crippen LogP contribution in [0.15, 0.2) is 23.2 Å². The van der Waals surface area contributed by atoms with E-state index in [0.717, 1.165) is 28.7 Å². The molecule has 0 aromatic heterocycles. The number of nitrogens with one attached hydrogen (secondary N) is 1. The Morgan fingerprint density at radius 2 is 2.10 bits per heavy atom. The van der Waals surface area contributed by atoms with E-state index in [4.69, 9.17) is 9.73 Å². The number of nitrogens with zero attached hydrogens (tertiary/aromatic N) is 1. The van der Waals surface area contributed by atoms with E-state index in [-0.39, 0.29) is 0 Å². The Morgan fingerprint density at radius 3 is 2.70 bits per heavy atom. The van der Waals surface area contributed by atoms with Crippen LogP contribution in [0.25, 0.3) is 0 Å². The molecular weight excluding hydrogens is 268 g/mol. The Kier molecular flexibility index (Phi) is 3.92. The van der Waals surface area contributed by atoms with Gasteiger partial charge in [-0.1, -0.05) is 24.6 Å². The molecule has 20 heavy (non-hydrogen) atoms. The van der Waals surface area contributed by atoms with Crippen LogP contribution < -0.4 is 10.1 Å². The molecule has 1 aliphatic carbocycles. The lowest BCUT2D eigenvalue weighted by molar-refractivity contribution is 0.359. The van der Waals surface area contributed by atoms with E-state index in [1.165, 1.54) is 31.4 Å². The molecule has 1 aromatic rings. The van der Waals surface area contributed by atoms with Gasteiger partial charge in [0.25, 0.3) is 0 Å². The summed E-state index contributed by atoms with van der Waals surface area (Å²) in [5, 5.41) is 4.50. The number of benzene rings is 1. The zero-order valence-electron chi connectivity index (χ0n) is 12.2. The second-order valence-electron chi connectivity index (χ2n) is 5.93. The van der Waals surface area contributed by atoms with Crippen LogP contribution in [-0.2, 0) is 0 Å². The third-order valence-electron chi connectivity index (χ3n) is 4.38. The van der Waals surface area contributed by atoms with Crippen molar-refractivity contribution < 1.29 is 4.74 Å². The molecule has 0 bridgehead atoms. The summed E-state index contributed by atoms with van der Waals surface area (Å²) in [6.07, 6.45) is 5.49. The van der Waals surface area contributed by atoms with Gasteiger partial charge in [-0.2, -0.15) is 0 Å². The summed E-state index contributed by atoms with van der Waals surface area (Å²) in [5.41, 5.74) is 2.74. The van der Waals surface area contributed by atoms with E-state index in [9.17, 15) is 0 Å². The summed E-state index contributed by atoms with van der Waals surface area (Å²) < 4.78 is 5.29. The summed E-state index contributed by atoms with van der Waals surface area (Å²) in [5.74, 6) is 2.15. The van der Waals surface area contributed by atoms with Gasteiger partial charge in [0.1, 0.15) is 5.75 Å². The van der Waals surface area contributed by atoms with Crippen molar-refractivity contribution in [3.8, 4) is 5.75 Å². The molecule has 1 N–H and O–H groups in total. The van der Waals surface area contributed by atoms with Gasteiger partial charge in [-0.25, -0.2) is 0 Å². The van der Waals surface area contributed by atoms with Gasteiger partial charge in [0.05, 0.1) is 7.11 Å². The molecule has 0 unspecified atom stereocenters. The lowest BCUT2D eigenvalue weighted by Crippen LogP contribution is -2.30. The highest BCUT2D eigenvalue weighted by atomic mass is 32.2. The van der Waals surface area contributed by atoms with E-state index in [2.05, 4.69) is 24.4 Å². The quantitative estimate of drug-likeness (QED) is 0.891. The number of methoxy groups -OCH3 is 1. The number of aliphatic imine (C=N–C) groups is 1. The molecule has 0 radical (unpaired) electrons. The van der Waals surface area contributed by atoms with Gasteiger partial charge >= 0.3 is 0 Å². The van der Waals surface area contributed by atoms with Gasteiger partial charge < -0.3 is 10.1 Å². The van der Waals surface area contributed by atoms with Crippen molar-refractivity contribution in [3.05, 3.63) is 23.8 Å². The fourth-order valence-electron chi connectivity index (χ4n) is 3.13. The largest absolute Gasteiger partial charge is 0.496 e. The topological polar surface area (TPSA) is 33.6 Å². The molecule has 1 saturated carbocycles. The molecule has 108 valence electrons. The standard InChI is InChI=1S/C16H22N2OS/c1-12-9-13(5-6-14(12)19-2)18-15-17-10-16(11-20-15)7-3-4-8-16/h5-6,9H,3-4,7-8,10-11H2,1-2H3,(H,17,18). The van der Waals surface area contributed by atoms with Gasteiger partial charge in [-0.3, -0.25) is 4.99 Å². The minimum Gasteiger partial charge on any atom is -0.496 e. The lowest BCUT2D eigenvalue weighted by atomic mass is 9.89. The molecule has 3 nitrogen and oxygen atoms in total. The number of rotatable bonds is 2. The molecule has 1 spiro atoms. The molecule has 1 aromatic carbocycles. The Balaban J connectivity index is 1.66. The van der Waals surface area contributed by atoms with Crippen molar-refractivity contribution in [3.63, 3.8) is 0 Å². The zero-order valence-corrected chi connectivity index (χ0v) is 13.1. The van der Waals surface area contributed by atoms with Crippen LogP contribution in [0.4, 0.5) is 5.69 Å². The van der Waals surface area contributed by atoms with Gasteiger partial charge in [-0.05, 0) is 48.9 Å². The van der Waals surface area contributed by atoms with Crippen molar-refractivity contribution >= 4 is 22.6 Å². The molecule has 0 atom stereocenters. The third kappa shape index (κ3) is 2.80. The van der Waals surface area contributed by atoms with Gasteiger partial charge in [-0.15, -0.1) is 0 Å². The normalized spacial score (nSPS) is 20.8. The molecule has 0 amide bonds. The molecule has 1 fully saturated rings. The van der Waals surface area contributed by atoms with Crippen LogP contribution in [0.1, 0.15) is 31.2 Å². The number of amidine groups is 1. The van der Waals surface area contributed by atoms with Crippen LogP contribution in [0.5, 0.6) is 5.75 Å². The Morgan fingerprint density at radius 1 is 1.30 bits per heavy atom. The fraction of sp³-hybridized carbons (Fsp3) is 0.562. The van der Waals surface area contributed by atoms with Gasteiger partial charge in [0.15, 0.2) is 5.17 Å². The van der Waals surface area contributed by atoms with Crippen molar-refractivity contribution in [2.24, 2.45) is 10.4 Å². The molecule has 0 saturated heterocycles. The second kappa shape index (κ2) is 5.68. The predicted molar refractivity (Wildman–Crippen MR) is 87.0 cm³/mol. The first kappa shape index (κ1) is 13.8. The number of ether oxygens (including phenoxy) is 1. The Labute approximate surface area is 125 Å². The maximum Gasteiger partial charge on any atom is 0.161 e. The summed E-state index contributed by atoms with van der Waals surface area (Å²) >= 11 is 1.88. The van der Waals surface area contributed by atoms with Crippen LogP contribution in [0.3, 0.4) is 0 Å². The summed E-state index contributed by atoms with van der Waals surface area (Å²) in [7, 11) is 1.71. The van der Waals surface area contributed by atoms with Crippen molar-refractivity contribution in [1.29, 1.82) is 0 Å². The van der Waals surface area contributed by atoms with Crippen molar-refractivity contribution in [2.75, 3.05) is 24.7 Å². The van der Waals surface area contributed by atoms with Gasteiger partial charge in [0.2, 0.25) is 0 Å². The third-order valence-corrected chi connectivity index (χ3v) is 5.64. The van der Waals surface area contributed by atoms with Crippen molar-refractivity contribution in [2.45, 2.75) is 32.6 Å². The summed E-state index contributed by atoms with van der Waals surface area (Å²) in [4.78, 5) is 4.77. The molecule has 1 aliphatic heterocycles. The first-order valence-corrected chi connectivity index (χ1v) is 8.28. The van der Waals surface area contributed by atoms with E-state index in [1.54, 1.807) is 7.11 Å². The number of thioether (sulfide) groups is 1. The highest BCUT2D eigenvalue weighted by Gasteiger charge is 2.36. The van der Waals surface area contributed by atoms with Crippen LogP contribution in [-0.4, -0.2) is 24.6 Å². The summed E-state index contributed by atoms with van der Waals surface area (Å²) in [6.45, 7) is 3.06. The van der Waals surface area contributed by atoms with Crippen LogP contribution >= 0.6 is 11.8 Å². The SMILES string of the molecule is COc1ccc(NC2=NCC3(CCCC3)CS2)cc1C. The lowest BCUT2D eigenvalue weighted by Gasteiger charge is -2.31. The minimum absolute atomic E-state index is 0.506. The average molecular weight is 290 g/mol. The van der Waals surface area contributed by atoms with Crippen molar-refractivity contribution in [1.82, 2.24) is 0 Å². The number of hydrogen-bond acceptors (Lipinski definition) is 4. The molecule has 3 rings (SSSR count). The maximum absolute atomic E-state index is 5.29. The Hall–Kier alpha value is -1.16. The van der Waals surface area contributed by atoms with E-state index in [1.807, 2.05) is 17.8 Å². The number of anilines is 1. The van der Waals surface area contributed by atoms with E-state index < -0.39 is 0 Å². The van der Waals surface area contributed by atoms with Crippen LogP contribution in [0.2, 0.25) is 0 Å². The van der Waals surface area contributed by atoms with Gasteiger partial charge in [0, 0.05) is 18.0 Å². The summed E-state index contributed by atoms with van der Waals surface area (Å²) in [6, 6.07) is 6.17. The van der Waals surface area contributed by atoms with Crippen LogP contribution in [0, 0.1) is 12.3 Å². The first-order chi connectivity index (χ1) is 9.71. The highest BCUT2D eigenvalue weighted by molar-refractivity contribution is 8.14. The predicted octanol–water partition coefficient (Wildman–Crippen LogP) is 4.08. The monoisotopic (exact) mass is 290 g/mol. The number of aryl methyl sites for hydroxylation is 1. The maximum atomic E-state index is 5.29. The second-order valence-corrected chi connectivity index (χ2v) is 6.89. The smallest absolute Gasteiger partial charge is 0.161 e. The van der Waals surface area contributed by atoms with E-state index in [0.29, 0.717) is 5.41 Å². The first-order valence-electron chi connectivity index (χ1n) is 7.30. The Bertz CT molecular complexity index is 521. The molecule has 4 heteroatoms. The average Bonchev–Trinajstić information content (AvgIpc) is 2.90. The molecule has 2 aliphatic rings. The minimum atomic E-state index is 0.506. The van der Waals surface area contributed by atoms with E-state index >= 15 is 0 Å².